The Hall–Kier alpha value is -1.67. The summed E-state index contributed by atoms with van der Waals surface area (Å²) in [5, 5.41) is 15.4. The van der Waals surface area contributed by atoms with Crippen molar-refractivity contribution in [3.05, 3.63) is 0 Å². The lowest BCUT2D eigenvalue weighted by atomic mass is 9.62. The van der Waals surface area contributed by atoms with Gasteiger partial charge in [-0.3, -0.25) is 14.4 Å². The van der Waals surface area contributed by atoms with E-state index >= 15 is 0 Å². The third kappa shape index (κ3) is 4.15. The van der Waals surface area contributed by atoms with Crippen molar-refractivity contribution >= 4 is 17.7 Å². The molecule has 6 atom stereocenters. The highest BCUT2D eigenvalue weighted by Crippen LogP contribution is 2.65. The fourth-order valence-corrected chi connectivity index (χ4v) is 7.14. The molecule has 0 aromatic rings. The number of ether oxygens (including phenoxy) is 1. The van der Waals surface area contributed by atoms with Gasteiger partial charge in [0.2, 0.25) is 17.7 Å². The van der Waals surface area contributed by atoms with Gasteiger partial charge in [-0.05, 0) is 57.8 Å². The number of hydrogen-bond donors (Lipinski definition) is 3. The van der Waals surface area contributed by atoms with Crippen LogP contribution in [0.3, 0.4) is 0 Å². The highest BCUT2D eigenvalue weighted by molar-refractivity contribution is 5.99. The Bertz CT molecular complexity index is 784. The van der Waals surface area contributed by atoms with Crippen LogP contribution in [-0.4, -0.2) is 70.7 Å². The van der Waals surface area contributed by atoms with E-state index in [9.17, 15) is 14.4 Å². The quantitative estimate of drug-likeness (QED) is 0.418. The van der Waals surface area contributed by atoms with Crippen LogP contribution in [0.4, 0.5) is 0 Å². The highest BCUT2D eigenvalue weighted by Gasteiger charge is 2.79. The fraction of sp³-hybridized carbons (Fsp3) is 0.885. The standard InChI is InChI=1S/C26H43N3O5/c1-4-13-27-22(31)19-20-24(33)29(14-9-6-10-15-30)21(23(32)28-18-11-7-5-8-12-18)26(20)16-17(2)25(19,3)34-26/h17-21,30H,4-16H2,1-3H3,(H,27,31)(H,28,32)/t17?,19-,20+,21?,25+,26?/m1/s1. The number of unbranched alkanes of at least 4 members (excludes halogenated alkanes) is 2. The molecule has 3 amide bonds. The summed E-state index contributed by atoms with van der Waals surface area (Å²) in [5.74, 6) is -1.55. The number of likely N-dealkylation sites (tertiary alicyclic amines) is 1. The fourth-order valence-electron chi connectivity index (χ4n) is 7.14. The van der Waals surface area contributed by atoms with Gasteiger partial charge in [-0.2, -0.15) is 0 Å². The van der Waals surface area contributed by atoms with Gasteiger partial charge in [0.15, 0.2) is 0 Å². The smallest absolute Gasteiger partial charge is 0.246 e. The van der Waals surface area contributed by atoms with E-state index in [1.54, 1.807) is 4.90 Å². The summed E-state index contributed by atoms with van der Waals surface area (Å²) in [6.45, 7) is 7.15. The Morgan fingerprint density at radius 1 is 1.15 bits per heavy atom. The molecule has 0 radical (unpaired) electrons. The number of nitrogens with one attached hydrogen (secondary N) is 2. The van der Waals surface area contributed by atoms with Gasteiger partial charge in [-0.15, -0.1) is 0 Å². The van der Waals surface area contributed by atoms with Crippen molar-refractivity contribution in [2.24, 2.45) is 17.8 Å². The van der Waals surface area contributed by atoms with Gasteiger partial charge in [0.1, 0.15) is 11.6 Å². The Kier molecular flexibility index (Phi) is 7.58. The monoisotopic (exact) mass is 477 g/mol. The van der Waals surface area contributed by atoms with Crippen molar-refractivity contribution in [1.82, 2.24) is 15.5 Å². The summed E-state index contributed by atoms with van der Waals surface area (Å²) in [6, 6.07) is -0.576. The number of hydrogen-bond acceptors (Lipinski definition) is 5. The zero-order valence-electron chi connectivity index (χ0n) is 21.1. The minimum Gasteiger partial charge on any atom is -0.396 e. The van der Waals surface area contributed by atoms with E-state index in [-0.39, 0.29) is 36.3 Å². The summed E-state index contributed by atoms with van der Waals surface area (Å²) in [5.41, 5.74) is -1.72. The molecule has 3 aliphatic heterocycles. The van der Waals surface area contributed by atoms with Crippen molar-refractivity contribution in [2.75, 3.05) is 19.7 Å². The van der Waals surface area contributed by atoms with Gasteiger partial charge >= 0.3 is 0 Å². The van der Waals surface area contributed by atoms with Crippen LogP contribution in [0.2, 0.25) is 0 Å². The second kappa shape index (κ2) is 10.1. The maximum atomic E-state index is 13.9. The summed E-state index contributed by atoms with van der Waals surface area (Å²) in [7, 11) is 0. The second-order valence-corrected chi connectivity index (χ2v) is 11.2. The molecule has 34 heavy (non-hydrogen) atoms. The van der Waals surface area contributed by atoms with Gasteiger partial charge in [0.05, 0.1) is 17.4 Å². The van der Waals surface area contributed by atoms with Crippen molar-refractivity contribution in [3.63, 3.8) is 0 Å². The summed E-state index contributed by atoms with van der Waals surface area (Å²) in [4.78, 5) is 42.8. The Morgan fingerprint density at radius 2 is 1.88 bits per heavy atom. The van der Waals surface area contributed by atoms with Crippen molar-refractivity contribution in [3.8, 4) is 0 Å². The lowest BCUT2D eigenvalue weighted by molar-refractivity contribution is -0.148. The van der Waals surface area contributed by atoms with Crippen LogP contribution in [-0.2, 0) is 19.1 Å². The Morgan fingerprint density at radius 3 is 2.56 bits per heavy atom. The average Bonchev–Trinajstić information content (AvgIpc) is 3.32. The van der Waals surface area contributed by atoms with E-state index in [1.165, 1.54) is 6.42 Å². The number of amides is 3. The van der Waals surface area contributed by atoms with Crippen molar-refractivity contribution in [1.29, 1.82) is 0 Å². The summed E-state index contributed by atoms with van der Waals surface area (Å²) in [6.07, 6.45) is 8.94. The molecule has 1 spiro atoms. The van der Waals surface area contributed by atoms with E-state index in [4.69, 9.17) is 9.84 Å². The summed E-state index contributed by atoms with van der Waals surface area (Å²) >= 11 is 0. The van der Waals surface area contributed by atoms with E-state index in [0.717, 1.165) is 38.5 Å². The molecule has 4 rings (SSSR count). The number of aliphatic hydroxyl groups excluding tert-OH is 1. The van der Waals surface area contributed by atoms with E-state index in [2.05, 4.69) is 17.6 Å². The van der Waals surface area contributed by atoms with Gasteiger partial charge in [-0.25, -0.2) is 0 Å². The molecule has 0 aromatic heterocycles. The van der Waals surface area contributed by atoms with Gasteiger partial charge in [0, 0.05) is 25.7 Å². The predicted molar refractivity (Wildman–Crippen MR) is 128 cm³/mol. The zero-order chi connectivity index (χ0) is 24.5. The van der Waals surface area contributed by atoms with Gasteiger partial charge < -0.3 is 25.4 Å². The average molecular weight is 478 g/mol. The van der Waals surface area contributed by atoms with Crippen molar-refractivity contribution in [2.45, 2.75) is 108 Å². The zero-order valence-corrected chi connectivity index (χ0v) is 21.1. The van der Waals surface area contributed by atoms with Crippen LogP contribution in [0.15, 0.2) is 0 Å². The van der Waals surface area contributed by atoms with Crippen molar-refractivity contribution < 1.29 is 24.2 Å². The highest BCUT2D eigenvalue weighted by atomic mass is 16.5. The molecule has 8 nitrogen and oxygen atoms in total. The second-order valence-electron chi connectivity index (χ2n) is 11.2. The molecule has 0 aromatic carbocycles. The number of nitrogens with zero attached hydrogens (tertiary/aromatic N) is 1. The first-order valence-electron chi connectivity index (χ1n) is 13.5. The Balaban J connectivity index is 1.65. The normalized spacial score (nSPS) is 37.2. The number of carbonyl (C=O) groups excluding carboxylic acids is 3. The Labute approximate surface area is 203 Å². The third-order valence-corrected chi connectivity index (χ3v) is 8.90. The van der Waals surface area contributed by atoms with Crippen LogP contribution in [0.5, 0.6) is 0 Å². The van der Waals surface area contributed by atoms with Gasteiger partial charge in [0.25, 0.3) is 0 Å². The molecule has 1 aliphatic carbocycles. The molecule has 3 heterocycles. The van der Waals surface area contributed by atoms with Gasteiger partial charge in [-0.1, -0.05) is 33.1 Å². The molecule has 2 bridgehead atoms. The maximum Gasteiger partial charge on any atom is 0.246 e. The minimum atomic E-state index is -0.963. The predicted octanol–water partition coefficient (Wildman–Crippen LogP) is 2.13. The SMILES string of the molecule is CCCNC(=O)[C@H]1[C@H]2C(=O)N(CCCCCO)C(C(=O)NC3CCCCC3)C23CC(C)[C@]1(C)O3. The molecule has 3 saturated heterocycles. The number of fused-ring (bicyclic) bond motifs is 1. The van der Waals surface area contributed by atoms with Crippen LogP contribution in [0.25, 0.3) is 0 Å². The first-order valence-corrected chi connectivity index (χ1v) is 13.5. The van der Waals surface area contributed by atoms with Crippen LogP contribution < -0.4 is 10.6 Å². The minimum absolute atomic E-state index is 0.0632. The van der Waals surface area contributed by atoms with E-state index < -0.39 is 29.1 Å². The van der Waals surface area contributed by atoms with E-state index in [0.29, 0.717) is 32.4 Å². The largest absolute Gasteiger partial charge is 0.396 e. The van der Waals surface area contributed by atoms with Crippen LogP contribution in [0.1, 0.15) is 85.0 Å². The lowest BCUT2D eigenvalue weighted by Crippen LogP contribution is -2.57. The summed E-state index contributed by atoms with van der Waals surface area (Å²) < 4.78 is 6.72. The topological polar surface area (TPSA) is 108 Å². The maximum absolute atomic E-state index is 13.9. The number of rotatable bonds is 10. The first kappa shape index (κ1) is 25.4. The molecule has 3 unspecified atom stereocenters. The molecule has 3 N–H and O–H groups in total. The molecule has 4 aliphatic rings. The van der Waals surface area contributed by atoms with Crippen LogP contribution in [0, 0.1) is 17.8 Å². The molecule has 8 heteroatoms. The molecule has 1 saturated carbocycles. The molecule has 192 valence electrons. The lowest BCUT2D eigenvalue weighted by Gasteiger charge is -2.36. The number of aliphatic hydroxyl groups is 1. The van der Waals surface area contributed by atoms with Crippen LogP contribution >= 0.6 is 0 Å². The molecular formula is C26H43N3O5. The third-order valence-electron chi connectivity index (χ3n) is 8.90. The first-order chi connectivity index (χ1) is 16.3. The molecular weight excluding hydrogens is 434 g/mol. The van der Waals surface area contributed by atoms with E-state index in [1.807, 2.05) is 13.8 Å². The molecule has 4 fully saturated rings. The number of carbonyl (C=O) groups is 3.